The van der Waals surface area contributed by atoms with Crippen LogP contribution in [0.25, 0.3) is 0 Å². The van der Waals surface area contributed by atoms with Gasteiger partial charge < -0.3 is 47.2 Å². The van der Waals surface area contributed by atoms with E-state index in [0.717, 1.165) is 5.56 Å². The number of hydrogen-bond donors (Lipinski definition) is 9. The number of carboxylic acid groups (broad SMARTS) is 2. The van der Waals surface area contributed by atoms with Gasteiger partial charge in [0.1, 0.15) is 24.4 Å². The van der Waals surface area contributed by atoms with Crippen LogP contribution in [0.15, 0.2) is 54.6 Å². The van der Waals surface area contributed by atoms with Gasteiger partial charge in [-0.25, -0.2) is 4.79 Å². The minimum absolute atomic E-state index is 0.0321. The maximum Gasteiger partial charge on any atom is 0.322 e. The van der Waals surface area contributed by atoms with E-state index in [4.69, 9.17) is 10.2 Å². The Morgan fingerprint density at radius 3 is 1.96 bits per heavy atom. The molecule has 0 heterocycles. The lowest BCUT2D eigenvalue weighted by atomic mass is 10.0. The van der Waals surface area contributed by atoms with Crippen molar-refractivity contribution in [3.05, 3.63) is 65.7 Å². The van der Waals surface area contributed by atoms with Crippen molar-refractivity contribution in [2.24, 2.45) is 5.92 Å². The average molecular weight is 643 g/mol. The number of rotatable bonds is 19. The number of aliphatic carboxylic acids is 2. The molecule has 9 N–H and O–H groups in total. The first-order valence-electron chi connectivity index (χ1n) is 14.7. The summed E-state index contributed by atoms with van der Waals surface area (Å²) in [7, 11) is 0. The normalized spacial score (nSPS) is 12.7. The van der Waals surface area contributed by atoms with Crippen LogP contribution < -0.4 is 31.9 Å². The summed E-state index contributed by atoms with van der Waals surface area (Å²) in [6.45, 7) is 3.31. The van der Waals surface area contributed by atoms with Gasteiger partial charge in [0.15, 0.2) is 0 Å². The highest BCUT2D eigenvalue weighted by Gasteiger charge is 2.29. The zero-order chi connectivity index (χ0) is 34.1. The lowest BCUT2D eigenvalue weighted by molar-refractivity contribution is -0.140. The molecule has 5 amide bonds. The molecule has 0 saturated heterocycles. The van der Waals surface area contributed by atoms with Crippen LogP contribution in [0.2, 0.25) is 0 Å². The van der Waals surface area contributed by atoms with Crippen molar-refractivity contribution in [2.75, 3.05) is 19.6 Å². The largest absolute Gasteiger partial charge is 0.508 e. The fourth-order valence-electron chi connectivity index (χ4n) is 4.26. The van der Waals surface area contributed by atoms with Crippen molar-refractivity contribution >= 4 is 35.7 Å². The fourth-order valence-corrected chi connectivity index (χ4v) is 4.26. The molecule has 0 aliphatic carbocycles. The Labute approximate surface area is 266 Å². The molecule has 0 radical (unpaired) electrons. The molecular weight excluding hydrogens is 600 g/mol. The highest BCUT2D eigenvalue weighted by Crippen LogP contribution is 2.12. The minimum atomic E-state index is -1.28. The maximum absolute atomic E-state index is 13.3. The average Bonchev–Trinajstić information content (AvgIpc) is 3.01. The lowest BCUT2D eigenvalue weighted by Gasteiger charge is -2.25. The van der Waals surface area contributed by atoms with E-state index in [1.54, 1.807) is 26.0 Å². The molecule has 2 aromatic carbocycles. The third-order valence-corrected chi connectivity index (χ3v) is 6.69. The number of nitrogens with one attached hydrogen (secondary N) is 6. The van der Waals surface area contributed by atoms with Crippen molar-refractivity contribution in [2.45, 2.75) is 57.8 Å². The van der Waals surface area contributed by atoms with Gasteiger partial charge in [-0.15, -0.1) is 0 Å². The van der Waals surface area contributed by atoms with Gasteiger partial charge in [-0.2, -0.15) is 0 Å². The molecule has 15 heteroatoms. The number of carbonyl (C=O) groups is 6. The summed E-state index contributed by atoms with van der Waals surface area (Å²) in [6, 6.07) is 11.6. The highest BCUT2D eigenvalue weighted by atomic mass is 16.4. The first-order valence-corrected chi connectivity index (χ1v) is 14.7. The molecule has 0 aliphatic rings. The van der Waals surface area contributed by atoms with Gasteiger partial charge in [0.2, 0.25) is 17.7 Å². The molecule has 0 bridgehead atoms. The third kappa shape index (κ3) is 14.1. The number of aromatic hydroxyl groups is 1. The van der Waals surface area contributed by atoms with Crippen molar-refractivity contribution in [1.82, 2.24) is 31.9 Å². The van der Waals surface area contributed by atoms with E-state index in [1.807, 2.05) is 30.3 Å². The standard InChI is InChI=1S/C31H42N6O9/c1-19(2)27(37-31(46)35-17-21-7-4-3-5-8-21)30(45)36-24(15-20-9-11-22(38)12-10-20)29(44)33-14-6-13-32-23(16-25(39)40)28(43)34-18-26(41)42/h3-5,7-12,19,23-24,27,32,38H,6,13-18H2,1-2H3,(H,33,44)(H,34,43)(H,36,45)(H,39,40)(H,41,42)(H2,35,37,46)/t23-,24-,27-/m1/s1. The Kier molecular flexibility index (Phi) is 15.5. The molecule has 0 saturated carbocycles. The highest BCUT2D eigenvalue weighted by molar-refractivity contribution is 5.92. The molecule has 250 valence electrons. The number of urea groups is 1. The van der Waals surface area contributed by atoms with Gasteiger partial charge in [-0.3, -0.25) is 24.0 Å². The molecule has 0 aliphatic heterocycles. The van der Waals surface area contributed by atoms with E-state index < -0.39 is 66.8 Å². The molecule has 0 spiro atoms. The van der Waals surface area contributed by atoms with Gasteiger partial charge in [-0.1, -0.05) is 56.3 Å². The van der Waals surface area contributed by atoms with Crippen molar-refractivity contribution in [1.29, 1.82) is 0 Å². The summed E-state index contributed by atoms with van der Waals surface area (Å²) in [5.74, 6) is -4.71. The Morgan fingerprint density at radius 2 is 1.35 bits per heavy atom. The molecule has 0 unspecified atom stereocenters. The quantitative estimate of drug-likeness (QED) is 0.0936. The van der Waals surface area contributed by atoms with Crippen LogP contribution in [0.1, 0.15) is 37.8 Å². The van der Waals surface area contributed by atoms with Crippen molar-refractivity contribution in [3.63, 3.8) is 0 Å². The molecule has 0 fully saturated rings. The summed E-state index contributed by atoms with van der Waals surface area (Å²) in [5.41, 5.74) is 1.53. The summed E-state index contributed by atoms with van der Waals surface area (Å²) >= 11 is 0. The lowest BCUT2D eigenvalue weighted by Crippen LogP contribution is -2.57. The molecule has 0 aromatic heterocycles. The topological polar surface area (TPSA) is 235 Å². The summed E-state index contributed by atoms with van der Waals surface area (Å²) in [5, 5.41) is 43.1. The zero-order valence-electron chi connectivity index (χ0n) is 25.7. The van der Waals surface area contributed by atoms with E-state index in [-0.39, 0.29) is 44.1 Å². The number of phenols is 1. The first kappa shape index (κ1) is 37.0. The predicted molar refractivity (Wildman–Crippen MR) is 166 cm³/mol. The predicted octanol–water partition coefficient (Wildman–Crippen LogP) is 0.0835. The Morgan fingerprint density at radius 1 is 0.696 bits per heavy atom. The monoisotopic (exact) mass is 642 g/mol. The third-order valence-electron chi connectivity index (χ3n) is 6.69. The van der Waals surface area contributed by atoms with Crippen LogP contribution in [-0.2, 0) is 36.9 Å². The van der Waals surface area contributed by atoms with Crippen molar-refractivity contribution < 1.29 is 44.1 Å². The van der Waals surface area contributed by atoms with Gasteiger partial charge in [-0.05, 0) is 42.1 Å². The van der Waals surface area contributed by atoms with E-state index in [9.17, 15) is 33.9 Å². The Bertz CT molecular complexity index is 1320. The summed E-state index contributed by atoms with van der Waals surface area (Å²) in [6.07, 6.45) is -0.231. The molecular formula is C31H42N6O9. The van der Waals surface area contributed by atoms with Gasteiger partial charge in [0.25, 0.3) is 0 Å². The first-order chi connectivity index (χ1) is 21.8. The van der Waals surface area contributed by atoms with E-state index >= 15 is 0 Å². The molecule has 15 nitrogen and oxygen atoms in total. The second-order valence-electron chi connectivity index (χ2n) is 10.8. The smallest absolute Gasteiger partial charge is 0.322 e. The number of carboxylic acids is 2. The van der Waals surface area contributed by atoms with Crippen LogP contribution in [0.4, 0.5) is 4.79 Å². The Balaban J connectivity index is 2.00. The summed E-state index contributed by atoms with van der Waals surface area (Å²) < 4.78 is 0. The van der Waals surface area contributed by atoms with E-state index in [2.05, 4.69) is 31.9 Å². The molecule has 3 atom stereocenters. The number of hydrogen-bond acceptors (Lipinski definition) is 8. The van der Waals surface area contributed by atoms with Gasteiger partial charge in [0.05, 0.1) is 12.5 Å². The SMILES string of the molecule is CC(C)[C@@H](NC(=O)NCc1ccccc1)C(=O)N[C@H](Cc1ccc(O)cc1)C(=O)NCCCN[C@H](CC(=O)O)C(=O)NCC(=O)O. The number of phenolic OH excluding ortho intramolecular Hbond substituents is 1. The van der Waals surface area contributed by atoms with Crippen LogP contribution in [0, 0.1) is 5.92 Å². The number of carbonyl (C=O) groups excluding carboxylic acids is 4. The van der Waals surface area contributed by atoms with Crippen LogP contribution in [0.5, 0.6) is 5.75 Å². The van der Waals surface area contributed by atoms with E-state index in [1.165, 1.54) is 12.1 Å². The number of amides is 5. The maximum atomic E-state index is 13.3. The summed E-state index contributed by atoms with van der Waals surface area (Å²) in [4.78, 5) is 73.2. The molecule has 2 rings (SSSR count). The van der Waals surface area contributed by atoms with Crippen molar-refractivity contribution in [3.8, 4) is 5.75 Å². The Hall–Kier alpha value is -5.18. The van der Waals surface area contributed by atoms with Gasteiger partial charge >= 0.3 is 18.0 Å². The van der Waals surface area contributed by atoms with Crippen LogP contribution in [-0.4, -0.2) is 88.8 Å². The number of benzene rings is 2. The zero-order valence-corrected chi connectivity index (χ0v) is 25.7. The van der Waals surface area contributed by atoms with E-state index in [0.29, 0.717) is 5.56 Å². The second kappa shape index (κ2) is 19.3. The minimum Gasteiger partial charge on any atom is -0.508 e. The molecule has 46 heavy (non-hydrogen) atoms. The molecule has 2 aromatic rings. The van der Waals surface area contributed by atoms with Crippen LogP contribution in [0.3, 0.4) is 0 Å². The second-order valence-corrected chi connectivity index (χ2v) is 10.8. The van der Waals surface area contributed by atoms with Crippen LogP contribution >= 0.6 is 0 Å². The van der Waals surface area contributed by atoms with Gasteiger partial charge in [0, 0.05) is 19.5 Å². The fraction of sp³-hybridized carbons (Fsp3) is 0.419.